The van der Waals surface area contributed by atoms with Crippen LogP contribution in [0.2, 0.25) is 5.02 Å². The summed E-state index contributed by atoms with van der Waals surface area (Å²) in [5.41, 5.74) is 0.553. The Balaban J connectivity index is 0.000000451. The van der Waals surface area contributed by atoms with Crippen molar-refractivity contribution < 1.29 is 27.4 Å². The second-order valence-electron chi connectivity index (χ2n) is 8.52. The molecule has 0 unspecified atom stereocenters. The van der Waals surface area contributed by atoms with Crippen molar-refractivity contribution in [2.75, 3.05) is 13.1 Å². The van der Waals surface area contributed by atoms with Gasteiger partial charge in [0.2, 0.25) is 0 Å². The number of benzene rings is 2. The number of carbonyl (C=O) groups excluding carboxylic acids is 1. The van der Waals surface area contributed by atoms with Crippen LogP contribution in [0.15, 0.2) is 42.5 Å². The highest BCUT2D eigenvalue weighted by atomic mass is 35.5. The average molecular weight is 472 g/mol. The zero-order valence-electron chi connectivity index (χ0n) is 18.5. The van der Waals surface area contributed by atoms with Gasteiger partial charge in [-0.1, -0.05) is 29.8 Å². The molecule has 1 heterocycles. The van der Waals surface area contributed by atoms with Gasteiger partial charge in [0.05, 0.1) is 10.6 Å². The van der Waals surface area contributed by atoms with Gasteiger partial charge >= 0.3 is 6.18 Å². The summed E-state index contributed by atoms with van der Waals surface area (Å²) in [6.45, 7) is 8.04. The van der Waals surface area contributed by atoms with Gasteiger partial charge in [0, 0.05) is 0 Å². The monoisotopic (exact) mass is 471 g/mol. The number of hydrogen-bond acceptors (Lipinski definition) is 4. The van der Waals surface area contributed by atoms with Crippen LogP contribution in [0.4, 0.5) is 13.2 Å². The molecule has 0 aliphatic carbocycles. The van der Waals surface area contributed by atoms with Crippen LogP contribution in [0.5, 0.6) is 5.75 Å². The van der Waals surface area contributed by atoms with Gasteiger partial charge in [0.1, 0.15) is 18.0 Å². The van der Waals surface area contributed by atoms with E-state index in [9.17, 15) is 18.0 Å². The summed E-state index contributed by atoms with van der Waals surface area (Å²) in [5.74, 6) is 1.20. The Kier molecular flexibility index (Phi) is 9.40. The average Bonchev–Trinajstić information content (AvgIpc) is 2.73. The molecule has 176 valence electrons. The first-order valence-corrected chi connectivity index (χ1v) is 10.8. The van der Waals surface area contributed by atoms with Crippen molar-refractivity contribution >= 4 is 18.1 Å². The van der Waals surface area contributed by atoms with E-state index >= 15 is 0 Å². The fourth-order valence-corrected chi connectivity index (χ4v) is 3.41. The molecule has 2 aromatic rings. The predicted molar refractivity (Wildman–Crippen MR) is 119 cm³/mol. The lowest BCUT2D eigenvalue weighted by atomic mass is 9.90. The first-order valence-electron chi connectivity index (χ1n) is 10.4. The van der Waals surface area contributed by atoms with Gasteiger partial charge in [-0.3, -0.25) is 4.79 Å². The standard InChI is InChI=1S/C19H19ClF3NO.C5H10O2/c20-18-6-1-13(11-17(18)19(21,22)23)12-25-16-4-2-14(3-5-16)15-7-9-24-10-8-15;1-5(2,3)7-4-6/h1-6,11,15,24H,7-10,12H2;4H,1-3H3. The van der Waals surface area contributed by atoms with Crippen LogP contribution >= 0.6 is 11.6 Å². The van der Waals surface area contributed by atoms with Crippen molar-refractivity contribution in [2.45, 2.75) is 57.9 Å². The van der Waals surface area contributed by atoms with Crippen molar-refractivity contribution in [3.63, 3.8) is 0 Å². The van der Waals surface area contributed by atoms with Crippen LogP contribution in [-0.4, -0.2) is 25.2 Å². The van der Waals surface area contributed by atoms with E-state index in [0.29, 0.717) is 23.7 Å². The minimum absolute atomic E-state index is 0.0624. The Hall–Kier alpha value is -2.25. The van der Waals surface area contributed by atoms with Crippen molar-refractivity contribution in [3.8, 4) is 5.75 Å². The van der Waals surface area contributed by atoms with Gasteiger partial charge in [0.15, 0.2) is 0 Å². The minimum atomic E-state index is -4.47. The van der Waals surface area contributed by atoms with E-state index in [4.69, 9.17) is 16.3 Å². The molecule has 0 atom stereocenters. The Bertz CT molecular complexity index is 858. The highest BCUT2D eigenvalue weighted by Crippen LogP contribution is 2.35. The first kappa shape index (κ1) is 26.0. The fourth-order valence-electron chi connectivity index (χ4n) is 3.18. The summed E-state index contributed by atoms with van der Waals surface area (Å²) >= 11 is 5.62. The predicted octanol–water partition coefficient (Wildman–Crippen LogP) is 6.36. The second kappa shape index (κ2) is 11.6. The molecule has 1 aliphatic heterocycles. The van der Waals surface area contributed by atoms with Crippen molar-refractivity contribution in [1.29, 1.82) is 0 Å². The fraction of sp³-hybridized carbons (Fsp3) is 0.458. The van der Waals surface area contributed by atoms with Crippen LogP contribution in [0.3, 0.4) is 0 Å². The van der Waals surface area contributed by atoms with Gasteiger partial charge in [-0.2, -0.15) is 13.2 Å². The Morgan fingerprint density at radius 2 is 1.69 bits per heavy atom. The third-order valence-electron chi connectivity index (χ3n) is 4.83. The van der Waals surface area contributed by atoms with Crippen LogP contribution in [0.1, 0.15) is 56.2 Å². The Labute approximate surface area is 192 Å². The smallest absolute Gasteiger partial charge is 0.417 e. The molecule has 0 aromatic heterocycles. The van der Waals surface area contributed by atoms with Crippen LogP contribution in [-0.2, 0) is 22.3 Å². The van der Waals surface area contributed by atoms with Crippen LogP contribution < -0.4 is 10.1 Å². The number of carbonyl (C=O) groups is 1. The summed E-state index contributed by atoms with van der Waals surface area (Å²) < 4.78 is 48.8. The molecule has 3 rings (SSSR count). The highest BCUT2D eigenvalue weighted by molar-refractivity contribution is 6.31. The second-order valence-corrected chi connectivity index (χ2v) is 8.93. The quantitative estimate of drug-likeness (QED) is 0.515. The van der Waals surface area contributed by atoms with E-state index < -0.39 is 11.7 Å². The van der Waals surface area contributed by atoms with Crippen molar-refractivity contribution in [1.82, 2.24) is 5.32 Å². The molecule has 1 N–H and O–H groups in total. The lowest BCUT2D eigenvalue weighted by molar-refractivity contribution is -0.139. The van der Waals surface area contributed by atoms with Crippen LogP contribution in [0, 0.1) is 0 Å². The minimum Gasteiger partial charge on any atom is -0.489 e. The number of rotatable bonds is 5. The lowest BCUT2D eigenvalue weighted by Gasteiger charge is -2.23. The SMILES string of the molecule is CC(C)(C)OC=O.FC(F)(F)c1cc(COc2ccc(C3CCNCC3)cc2)ccc1Cl. The molecule has 0 saturated carbocycles. The summed E-state index contributed by atoms with van der Waals surface area (Å²) in [5, 5.41) is 3.04. The number of hydrogen-bond donors (Lipinski definition) is 1. The molecule has 0 amide bonds. The van der Waals surface area contributed by atoms with E-state index in [1.54, 1.807) is 6.07 Å². The third-order valence-corrected chi connectivity index (χ3v) is 5.16. The molecule has 1 aliphatic rings. The molecule has 1 fully saturated rings. The van der Waals surface area contributed by atoms with E-state index in [1.807, 2.05) is 45.0 Å². The first-order chi connectivity index (χ1) is 15.0. The maximum atomic E-state index is 12.9. The number of halogens is 4. The molecule has 0 spiro atoms. The van der Waals surface area contributed by atoms with E-state index in [0.717, 1.165) is 32.0 Å². The molecule has 8 heteroatoms. The molecule has 4 nitrogen and oxygen atoms in total. The van der Waals surface area contributed by atoms with E-state index in [1.165, 1.54) is 11.6 Å². The zero-order valence-corrected chi connectivity index (χ0v) is 19.2. The molecule has 0 radical (unpaired) electrons. The van der Waals surface area contributed by atoms with Gasteiger partial charge in [0.25, 0.3) is 6.47 Å². The maximum Gasteiger partial charge on any atom is 0.417 e. The number of ether oxygens (including phenoxy) is 2. The Morgan fingerprint density at radius 3 is 2.19 bits per heavy atom. The van der Waals surface area contributed by atoms with E-state index in [2.05, 4.69) is 10.1 Å². The maximum absolute atomic E-state index is 12.9. The van der Waals surface area contributed by atoms with Gasteiger partial charge in [-0.25, -0.2) is 0 Å². The number of nitrogens with one attached hydrogen (secondary N) is 1. The molecular weight excluding hydrogens is 443 g/mol. The third kappa shape index (κ3) is 8.71. The summed E-state index contributed by atoms with van der Waals surface area (Å²) in [6.07, 6.45) is -2.24. The van der Waals surface area contributed by atoms with Crippen LogP contribution in [0.25, 0.3) is 0 Å². The number of alkyl halides is 3. The van der Waals surface area contributed by atoms with Gasteiger partial charge in [-0.05, 0) is 88.0 Å². The molecule has 32 heavy (non-hydrogen) atoms. The Morgan fingerprint density at radius 1 is 1.06 bits per heavy atom. The summed E-state index contributed by atoms with van der Waals surface area (Å²) in [6, 6.07) is 11.6. The van der Waals surface area contributed by atoms with E-state index in [-0.39, 0.29) is 17.2 Å². The van der Waals surface area contributed by atoms with Gasteiger partial charge in [-0.15, -0.1) is 0 Å². The highest BCUT2D eigenvalue weighted by Gasteiger charge is 2.33. The molecule has 2 aromatic carbocycles. The summed E-state index contributed by atoms with van der Waals surface area (Å²) in [4.78, 5) is 9.60. The lowest BCUT2D eigenvalue weighted by Crippen LogP contribution is -2.26. The zero-order chi connectivity index (χ0) is 23.8. The largest absolute Gasteiger partial charge is 0.489 e. The molecule has 1 saturated heterocycles. The number of piperidine rings is 1. The summed E-state index contributed by atoms with van der Waals surface area (Å²) in [7, 11) is 0. The molecular formula is C24H29ClF3NO3. The molecule has 0 bridgehead atoms. The van der Waals surface area contributed by atoms with Crippen molar-refractivity contribution in [3.05, 3.63) is 64.2 Å². The normalized spacial score (nSPS) is 14.8. The topological polar surface area (TPSA) is 47.6 Å². The van der Waals surface area contributed by atoms with Gasteiger partial charge < -0.3 is 14.8 Å². The van der Waals surface area contributed by atoms with Crippen molar-refractivity contribution in [2.24, 2.45) is 0 Å².